The normalized spacial score (nSPS) is 18.0. The van der Waals surface area contributed by atoms with E-state index in [1.165, 1.54) is 22.4 Å². The molecule has 0 N–H and O–H groups in total. The van der Waals surface area contributed by atoms with Gasteiger partial charge in [-0.15, -0.1) is 0 Å². The van der Waals surface area contributed by atoms with Crippen LogP contribution in [0.1, 0.15) is 29.5 Å². The molecule has 0 spiro atoms. The van der Waals surface area contributed by atoms with Gasteiger partial charge in [0, 0.05) is 35.1 Å². The number of anilines is 2. The molecule has 4 aromatic rings. The highest BCUT2D eigenvalue weighted by molar-refractivity contribution is 5.91. The van der Waals surface area contributed by atoms with Crippen molar-refractivity contribution in [3.05, 3.63) is 126 Å². The van der Waals surface area contributed by atoms with Crippen LogP contribution in [0.5, 0.6) is 0 Å². The van der Waals surface area contributed by atoms with Gasteiger partial charge in [0.2, 0.25) is 0 Å². The zero-order valence-electron chi connectivity index (χ0n) is 19.8. The molecule has 6 rings (SSSR count). The van der Waals surface area contributed by atoms with Crippen LogP contribution in [0, 0.1) is 18.3 Å². The van der Waals surface area contributed by atoms with E-state index in [2.05, 4.69) is 103 Å². The molecule has 3 heteroatoms. The highest BCUT2D eigenvalue weighted by Gasteiger charge is 2.39. The first kappa shape index (κ1) is 21.1. The van der Waals surface area contributed by atoms with E-state index in [0.717, 1.165) is 27.9 Å². The number of benzene rings is 3. The van der Waals surface area contributed by atoms with Crippen molar-refractivity contribution in [2.45, 2.75) is 25.8 Å². The molecule has 0 saturated heterocycles. The Hall–Kier alpha value is -4.42. The van der Waals surface area contributed by atoms with Gasteiger partial charge in [0.15, 0.2) is 0 Å². The van der Waals surface area contributed by atoms with E-state index in [4.69, 9.17) is 0 Å². The number of rotatable bonds is 3. The maximum absolute atomic E-state index is 10.2. The average molecular weight is 452 g/mol. The van der Waals surface area contributed by atoms with Crippen molar-refractivity contribution in [2.24, 2.45) is 0 Å². The molecule has 0 bridgehead atoms. The highest BCUT2D eigenvalue weighted by atomic mass is 15.2. The first-order valence-corrected chi connectivity index (χ1v) is 11.9. The summed E-state index contributed by atoms with van der Waals surface area (Å²) in [5.74, 6) is 0.281. The summed E-state index contributed by atoms with van der Waals surface area (Å²) in [6, 6.07) is 28.0. The number of nitrogens with zero attached hydrogens (tertiary/aromatic N) is 3. The van der Waals surface area contributed by atoms with Crippen molar-refractivity contribution in [3.8, 4) is 28.3 Å². The van der Waals surface area contributed by atoms with E-state index < -0.39 is 0 Å². The number of aromatic nitrogens is 1. The fourth-order valence-corrected chi connectivity index (χ4v) is 5.44. The van der Waals surface area contributed by atoms with Crippen LogP contribution in [0.25, 0.3) is 22.3 Å². The molecular formula is C32H25N3. The standard InChI is InChI=1S/C32H25N3/c1-21-8-10-30-28(16-21)29-17-22(2)9-11-31(29)35(30)32-18-25(20-33)26(24-12-14-34-15-13-24)19-27(32)23-6-4-3-5-7-23/h3-19,28,30H,1-2H3. The predicted octanol–water partition coefficient (Wildman–Crippen LogP) is 7.72. The topological polar surface area (TPSA) is 39.9 Å². The summed E-state index contributed by atoms with van der Waals surface area (Å²) in [5.41, 5.74) is 11.0. The molecule has 35 heavy (non-hydrogen) atoms. The second kappa shape index (κ2) is 8.42. The Bertz CT molecular complexity index is 1520. The lowest BCUT2D eigenvalue weighted by atomic mass is 9.88. The highest BCUT2D eigenvalue weighted by Crippen LogP contribution is 2.51. The van der Waals surface area contributed by atoms with Crippen molar-refractivity contribution in [2.75, 3.05) is 4.90 Å². The monoisotopic (exact) mass is 451 g/mol. The molecular weight excluding hydrogens is 426 g/mol. The lowest BCUT2D eigenvalue weighted by Crippen LogP contribution is -2.29. The number of aryl methyl sites for hydroxylation is 1. The van der Waals surface area contributed by atoms with Crippen LogP contribution >= 0.6 is 0 Å². The molecule has 2 unspecified atom stereocenters. The van der Waals surface area contributed by atoms with E-state index in [1.807, 2.05) is 18.2 Å². The Morgan fingerprint density at radius 1 is 0.829 bits per heavy atom. The number of pyridine rings is 1. The van der Waals surface area contributed by atoms with Gasteiger partial charge in [0.05, 0.1) is 23.4 Å². The second-order valence-electron chi connectivity index (χ2n) is 9.35. The summed E-state index contributed by atoms with van der Waals surface area (Å²) >= 11 is 0. The molecule has 168 valence electrons. The Morgan fingerprint density at radius 2 is 1.60 bits per heavy atom. The SMILES string of the molecule is CC1=CC2c3cc(C)ccc3N(c3cc(C#N)c(-c4ccncc4)cc3-c3ccccc3)C2C=C1. The molecule has 3 aromatic carbocycles. The molecule has 0 saturated carbocycles. The van der Waals surface area contributed by atoms with Gasteiger partial charge in [0.1, 0.15) is 0 Å². The fraction of sp³-hybridized carbons (Fsp3) is 0.125. The molecule has 2 atom stereocenters. The minimum atomic E-state index is 0.163. The maximum Gasteiger partial charge on any atom is 0.0998 e. The Kier molecular flexibility index (Phi) is 5.08. The third kappa shape index (κ3) is 3.55. The summed E-state index contributed by atoms with van der Waals surface area (Å²) in [6.07, 6.45) is 10.5. The Labute approximate surface area is 206 Å². The quantitative estimate of drug-likeness (QED) is 0.320. The Balaban J connectivity index is 1.63. The molecule has 1 aliphatic carbocycles. The molecule has 3 nitrogen and oxygen atoms in total. The number of hydrogen-bond acceptors (Lipinski definition) is 3. The van der Waals surface area contributed by atoms with Crippen LogP contribution in [0.3, 0.4) is 0 Å². The zero-order valence-corrected chi connectivity index (χ0v) is 19.8. The Morgan fingerprint density at radius 3 is 2.37 bits per heavy atom. The van der Waals surface area contributed by atoms with Gasteiger partial charge in [-0.05, 0) is 60.9 Å². The summed E-state index contributed by atoms with van der Waals surface area (Å²) in [5, 5.41) is 10.2. The van der Waals surface area contributed by atoms with Gasteiger partial charge in [-0.25, -0.2) is 0 Å². The lowest BCUT2D eigenvalue weighted by molar-refractivity contribution is 0.739. The van der Waals surface area contributed by atoms with E-state index >= 15 is 0 Å². The maximum atomic E-state index is 10.2. The minimum absolute atomic E-state index is 0.163. The van der Waals surface area contributed by atoms with Crippen molar-refractivity contribution >= 4 is 11.4 Å². The number of allylic oxidation sites excluding steroid dienone is 2. The summed E-state index contributed by atoms with van der Waals surface area (Å²) in [7, 11) is 0. The molecule has 1 aromatic heterocycles. The average Bonchev–Trinajstić information content (AvgIpc) is 3.21. The van der Waals surface area contributed by atoms with Crippen LogP contribution < -0.4 is 4.90 Å². The second-order valence-corrected chi connectivity index (χ2v) is 9.35. The summed E-state index contributed by atoms with van der Waals surface area (Å²) in [4.78, 5) is 6.60. The third-order valence-corrected chi connectivity index (χ3v) is 7.06. The molecule has 2 heterocycles. The molecule has 0 amide bonds. The molecule has 0 fully saturated rings. The van der Waals surface area contributed by atoms with E-state index in [0.29, 0.717) is 5.56 Å². The van der Waals surface area contributed by atoms with Crippen LogP contribution in [0.2, 0.25) is 0 Å². The number of nitriles is 1. The number of hydrogen-bond donors (Lipinski definition) is 0. The molecule has 1 aliphatic heterocycles. The van der Waals surface area contributed by atoms with Gasteiger partial charge >= 0.3 is 0 Å². The fourth-order valence-electron chi connectivity index (χ4n) is 5.44. The van der Waals surface area contributed by atoms with Crippen molar-refractivity contribution in [1.82, 2.24) is 4.98 Å². The van der Waals surface area contributed by atoms with Gasteiger partial charge < -0.3 is 4.90 Å². The van der Waals surface area contributed by atoms with E-state index in [-0.39, 0.29) is 12.0 Å². The van der Waals surface area contributed by atoms with Crippen LogP contribution in [-0.2, 0) is 0 Å². The lowest BCUT2D eigenvalue weighted by Gasteiger charge is -2.31. The van der Waals surface area contributed by atoms with Gasteiger partial charge in [0.25, 0.3) is 0 Å². The van der Waals surface area contributed by atoms with Gasteiger partial charge in [-0.2, -0.15) is 5.26 Å². The summed E-state index contributed by atoms with van der Waals surface area (Å²) in [6.45, 7) is 4.32. The van der Waals surface area contributed by atoms with Crippen LogP contribution in [-0.4, -0.2) is 11.0 Å². The number of fused-ring (bicyclic) bond motifs is 3. The van der Waals surface area contributed by atoms with Crippen molar-refractivity contribution in [1.29, 1.82) is 5.26 Å². The van der Waals surface area contributed by atoms with Gasteiger partial charge in [-0.1, -0.05) is 71.8 Å². The molecule has 2 aliphatic rings. The zero-order chi connectivity index (χ0) is 23.9. The van der Waals surface area contributed by atoms with E-state index in [1.54, 1.807) is 12.4 Å². The first-order chi connectivity index (χ1) is 17.1. The third-order valence-electron chi connectivity index (χ3n) is 7.06. The minimum Gasteiger partial charge on any atom is -0.333 e. The van der Waals surface area contributed by atoms with Gasteiger partial charge in [-0.3, -0.25) is 4.98 Å². The van der Waals surface area contributed by atoms with Crippen molar-refractivity contribution in [3.63, 3.8) is 0 Å². The summed E-state index contributed by atoms with van der Waals surface area (Å²) < 4.78 is 0. The van der Waals surface area contributed by atoms with E-state index in [9.17, 15) is 5.26 Å². The largest absolute Gasteiger partial charge is 0.333 e. The van der Waals surface area contributed by atoms with Crippen molar-refractivity contribution < 1.29 is 0 Å². The van der Waals surface area contributed by atoms with Crippen LogP contribution in [0.15, 0.2) is 109 Å². The first-order valence-electron chi connectivity index (χ1n) is 11.9. The van der Waals surface area contributed by atoms with Crippen LogP contribution in [0.4, 0.5) is 11.4 Å². The predicted molar refractivity (Wildman–Crippen MR) is 143 cm³/mol. The smallest absolute Gasteiger partial charge is 0.0998 e. The molecule has 0 radical (unpaired) electrons.